The van der Waals surface area contributed by atoms with Crippen molar-refractivity contribution < 1.29 is 14.3 Å². The lowest BCUT2D eigenvalue weighted by atomic mass is 9.79. The van der Waals surface area contributed by atoms with Gasteiger partial charge in [-0.2, -0.15) is 0 Å². The quantitative estimate of drug-likeness (QED) is 0.655. The van der Waals surface area contributed by atoms with E-state index >= 15 is 0 Å². The largest absolute Gasteiger partial charge is 0.439 e. The number of carbonyl (C=O) groups excluding carboxylic acids is 2. The summed E-state index contributed by atoms with van der Waals surface area (Å²) in [5.41, 5.74) is 0.281. The second kappa shape index (κ2) is 3.81. The van der Waals surface area contributed by atoms with Gasteiger partial charge < -0.3 is 15.0 Å². The van der Waals surface area contributed by atoms with Gasteiger partial charge in [0, 0.05) is 25.0 Å². The number of rotatable bonds is 2. The maximum absolute atomic E-state index is 11.5. The zero-order valence-corrected chi connectivity index (χ0v) is 8.86. The molecule has 1 unspecified atom stereocenters. The van der Waals surface area contributed by atoms with Crippen molar-refractivity contribution >= 4 is 12.4 Å². The molecule has 84 valence electrons. The standard InChI is InChI=1S/C10H16N2O3/c1-8(4-13)15-9(14)12-6-10(7-12)2-3-11-5-10/h4,8,11H,2-3,5-7H2,1H3. The zero-order chi connectivity index (χ0) is 10.9. The second-order valence-electron chi connectivity index (χ2n) is 4.51. The molecule has 0 saturated carbocycles. The van der Waals surface area contributed by atoms with E-state index in [2.05, 4.69) is 5.32 Å². The van der Waals surface area contributed by atoms with Crippen LogP contribution in [0.4, 0.5) is 4.79 Å². The number of aldehydes is 1. The lowest BCUT2D eigenvalue weighted by Gasteiger charge is -2.46. The van der Waals surface area contributed by atoms with Gasteiger partial charge in [-0.1, -0.05) is 0 Å². The minimum Gasteiger partial charge on any atom is -0.439 e. The molecule has 1 N–H and O–H groups in total. The van der Waals surface area contributed by atoms with Crippen LogP contribution < -0.4 is 5.32 Å². The molecule has 0 aromatic carbocycles. The molecular formula is C10H16N2O3. The lowest BCUT2D eigenvalue weighted by Crippen LogP contribution is -2.59. The average molecular weight is 212 g/mol. The predicted molar refractivity (Wildman–Crippen MR) is 53.5 cm³/mol. The number of amides is 1. The second-order valence-corrected chi connectivity index (χ2v) is 4.51. The third kappa shape index (κ3) is 1.97. The molecule has 2 fully saturated rings. The van der Waals surface area contributed by atoms with Crippen molar-refractivity contribution in [2.75, 3.05) is 26.2 Å². The topological polar surface area (TPSA) is 58.6 Å². The van der Waals surface area contributed by atoms with Crippen LogP contribution in [0.3, 0.4) is 0 Å². The van der Waals surface area contributed by atoms with E-state index in [1.54, 1.807) is 11.8 Å². The van der Waals surface area contributed by atoms with Crippen LogP contribution in [0.15, 0.2) is 0 Å². The number of ether oxygens (including phenoxy) is 1. The molecule has 2 aliphatic heterocycles. The highest BCUT2D eigenvalue weighted by atomic mass is 16.6. The van der Waals surface area contributed by atoms with Crippen molar-refractivity contribution in [3.8, 4) is 0 Å². The van der Waals surface area contributed by atoms with Gasteiger partial charge in [-0.15, -0.1) is 0 Å². The zero-order valence-electron chi connectivity index (χ0n) is 8.86. The molecule has 0 aliphatic carbocycles. The minimum atomic E-state index is -0.643. The Labute approximate surface area is 88.8 Å². The maximum Gasteiger partial charge on any atom is 0.410 e. The molecule has 0 radical (unpaired) electrons. The van der Waals surface area contributed by atoms with Crippen molar-refractivity contribution in [2.45, 2.75) is 19.4 Å². The van der Waals surface area contributed by atoms with Crippen LogP contribution in [0.25, 0.3) is 0 Å². The maximum atomic E-state index is 11.5. The first-order valence-electron chi connectivity index (χ1n) is 5.27. The normalized spacial score (nSPS) is 24.7. The van der Waals surface area contributed by atoms with Gasteiger partial charge in [-0.3, -0.25) is 4.79 Å². The smallest absolute Gasteiger partial charge is 0.410 e. The van der Waals surface area contributed by atoms with Crippen LogP contribution in [-0.2, 0) is 9.53 Å². The fraction of sp³-hybridized carbons (Fsp3) is 0.800. The van der Waals surface area contributed by atoms with E-state index in [1.807, 2.05) is 0 Å². The SMILES string of the molecule is CC(C=O)OC(=O)N1CC2(CCNC2)C1. The van der Waals surface area contributed by atoms with E-state index in [0.717, 1.165) is 32.6 Å². The molecule has 5 heteroatoms. The van der Waals surface area contributed by atoms with Gasteiger partial charge in [-0.05, 0) is 19.9 Å². The van der Waals surface area contributed by atoms with Crippen molar-refractivity contribution in [1.29, 1.82) is 0 Å². The molecule has 1 amide bonds. The Balaban J connectivity index is 1.78. The van der Waals surface area contributed by atoms with E-state index < -0.39 is 6.10 Å². The Bertz CT molecular complexity index is 266. The van der Waals surface area contributed by atoms with Gasteiger partial charge in [0.2, 0.25) is 0 Å². The van der Waals surface area contributed by atoms with Gasteiger partial charge in [0.05, 0.1) is 0 Å². The van der Waals surface area contributed by atoms with Gasteiger partial charge >= 0.3 is 6.09 Å². The number of nitrogens with zero attached hydrogens (tertiary/aromatic N) is 1. The molecule has 2 heterocycles. The summed E-state index contributed by atoms with van der Waals surface area (Å²) in [5.74, 6) is 0. The Morgan fingerprint density at radius 1 is 1.60 bits per heavy atom. The Kier molecular flexibility index (Phi) is 2.65. The molecule has 1 atom stereocenters. The van der Waals surface area contributed by atoms with Crippen molar-refractivity contribution in [3.63, 3.8) is 0 Å². The summed E-state index contributed by atoms with van der Waals surface area (Å²) in [5, 5.41) is 3.29. The summed E-state index contributed by atoms with van der Waals surface area (Å²) in [6.07, 6.45) is 0.743. The molecule has 15 heavy (non-hydrogen) atoms. The summed E-state index contributed by atoms with van der Waals surface area (Å²) in [4.78, 5) is 23.4. The Morgan fingerprint density at radius 2 is 2.33 bits per heavy atom. The molecule has 2 rings (SSSR count). The number of carbonyl (C=O) groups is 2. The highest BCUT2D eigenvalue weighted by molar-refractivity contribution is 5.72. The Morgan fingerprint density at radius 3 is 2.87 bits per heavy atom. The first-order chi connectivity index (χ1) is 7.15. The molecule has 2 saturated heterocycles. The van der Waals surface area contributed by atoms with Crippen molar-refractivity contribution in [3.05, 3.63) is 0 Å². The highest BCUT2D eigenvalue weighted by Crippen LogP contribution is 2.36. The van der Waals surface area contributed by atoms with Crippen LogP contribution in [-0.4, -0.2) is 49.6 Å². The average Bonchev–Trinajstić information content (AvgIpc) is 2.63. The number of hydrogen-bond acceptors (Lipinski definition) is 4. The fourth-order valence-corrected chi connectivity index (χ4v) is 2.22. The van der Waals surface area contributed by atoms with E-state index in [0.29, 0.717) is 6.29 Å². The number of hydrogen-bond donors (Lipinski definition) is 1. The van der Waals surface area contributed by atoms with Crippen LogP contribution in [0.5, 0.6) is 0 Å². The molecule has 1 spiro atoms. The van der Waals surface area contributed by atoms with Gasteiger partial charge in [0.1, 0.15) is 0 Å². The van der Waals surface area contributed by atoms with E-state index in [1.165, 1.54) is 0 Å². The third-order valence-electron chi connectivity index (χ3n) is 3.12. The number of likely N-dealkylation sites (tertiary alicyclic amines) is 1. The van der Waals surface area contributed by atoms with Gasteiger partial charge in [0.15, 0.2) is 12.4 Å². The van der Waals surface area contributed by atoms with Gasteiger partial charge in [0.25, 0.3) is 0 Å². The van der Waals surface area contributed by atoms with Gasteiger partial charge in [-0.25, -0.2) is 4.79 Å². The first-order valence-corrected chi connectivity index (χ1v) is 5.27. The summed E-state index contributed by atoms with van der Waals surface area (Å²) >= 11 is 0. The molecule has 0 aromatic rings. The fourth-order valence-electron chi connectivity index (χ4n) is 2.22. The minimum absolute atomic E-state index is 0.281. The van der Waals surface area contributed by atoms with Crippen LogP contribution in [0, 0.1) is 5.41 Å². The molecule has 0 bridgehead atoms. The van der Waals surface area contributed by atoms with Crippen molar-refractivity contribution in [2.24, 2.45) is 5.41 Å². The molecular weight excluding hydrogens is 196 g/mol. The van der Waals surface area contributed by atoms with Crippen LogP contribution >= 0.6 is 0 Å². The summed E-state index contributed by atoms with van der Waals surface area (Å²) in [7, 11) is 0. The van der Waals surface area contributed by atoms with Crippen molar-refractivity contribution in [1.82, 2.24) is 10.2 Å². The first kappa shape index (κ1) is 10.4. The van der Waals surface area contributed by atoms with E-state index in [4.69, 9.17) is 4.74 Å². The summed E-state index contributed by atoms with van der Waals surface area (Å²) < 4.78 is 4.90. The van der Waals surface area contributed by atoms with E-state index in [9.17, 15) is 9.59 Å². The summed E-state index contributed by atoms with van der Waals surface area (Å²) in [6.45, 7) is 5.10. The van der Waals surface area contributed by atoms with E-state index in [-0.39, 0.29) is 11.5 Å². The monoisotopic (exact) mass is 212 g/mol. The number of nitrogens with one attached hydrogen (secondary N) is 1. The Hall–Kier alpha value is -1.10. The molecule has 2 aliphatic rings. The lowest BCUT2D eigenvalue weighted by molar-refractivity contribution is -0.115. The predicted octanol–water partition coefficient (Wildman–Crippen LogP) is 0.00570. The highest BCUT2D eigenvalue weighted by Gasteiger charge is 2.47. The third-order valence-corrected chi connectivity index (χ3v) is 3.12. The molecule has 0 aromatic heterocycles. The summed E-state index contributed by atoms with van der Waals surface area (Å²) in [6, 6.07) is 0. The molecule has 5 nitrogen and oxygen atoms in total. The van der Waals surface area contributed by atoms with Crippen LogP contribution in [0.2, 0.25) is 0 Å². The van der Waals surface area contributed by atoms with Crippen LogP contribution in [0.1, 0.15) is 13.3 Å².